The van der Waals surface area contributed by atoms with Gasteiger partial charge in [0.05, 0.1) is 19.9 Å². The van der Waals surface area contributed by atoms with Gasteiger partial charge >= 0.3 is 0 Å². The van der Waals surface area contributed by atoms with Gasteiger partial charge < -0.3 is 9.47 Å². The number of hydrogen-bond acceptors (Lipinski definition) is 5. The highest BCUT2D eigenvalue weighted by molar-refractivity contribution is 5.80. The van der Waals surface area contributed by atoms with E-state index < -0.39 is 0 Å². The van der Waals surface area contributed by atoms with Crippen LogP contribution in [-0.4, -0.2) is 23.8 Å². The van der Waals surface area contributed by atoms with Crippen molar-refractivity contribution >= 4 is 11.2 Å². The molecule has 23 heavy (non-hydrogen) atoms. The number of nitroso groups, excluding NO2 is 1. The van der Waals surface area contributed by atoms with E-state index in [0.29, 0.717) is 5.52 Å². The van der Waals surface area contributed by atoms with Crippen molar-refractivity contribution < 1.29 is 9.47 Å². The van der Waals surface area contributed by atoms with Gasteiger partial charge in [0.2, 0.25) is 0 Å². The van der Waals surface area contributed by atoms with Gasteiger partial charge in [0.1, 0.15) is 11.3 Å². The van der Waals surface area contributed by atoms with E-state index in [-0.39, 0.29) is 11.6 Å². The fraction of sp³-hybridized carbons (Fsp3) is 0.235. The monoisotopic (exact) mass is 311 g/mol. The molecule has 2 heterocycles. The number of ether oxygens (including phenoxy) is 2. The second-order valence-electron chi connectivity index (χ2n) is 5.32. The summed E-state index contributed by atoms with van der Waals surface area (Å²) in [5.41, 5.74) is 4.69. The molecule has 0 bridgehead atoms. The van der Waals surface area contributed by atoms with Crippen LogP contribution < -0.4 is 9.47 Å². The van der Waals surface area contributed by atoms with Gasteiger partial charge in [0.15, 0.2) is 5.69 Å². The van der Waals surface area contributed by atoms with Gasteiger partial charge in [-0.2, -0.15) is 0 Å². The Kier molecular flexibility index (Phi) is 3.73. The summed E-state index contributed by atoms with van der Waals surface area (Å²) >= 11 is 0. The highest BCUT2D eigenvalue weighted by atomic mass is 16.5. The van der Waals surface area contributed by atoms with E-state index in [0.717, 1.165) is 28.1 Å². The number of pyridine rings is 1. The highest BCUT2D eigenvalue weighted by Gasteiger charge is 2.19. The Hall–Kier alpha value is -2.89. The predicted molar refractivity (Wildman–Crippen MR) is 88.7 cm³/mol. The van der Waals surface area contributed by atoms with Gasteiger partial charge in [0, 0.05) is 5.56 Å². The molecule has 0 spiro atoms. The lowest BCUT2D eigenvalue weighted by atomic mass is 10.0. The van der Waals surface area contributed by atoms with Gasteiger partial charge in [-0.3, -0.25) is 0 Å². The van der Waals surface area contributed by atoms with Crippen LogP contribution in [-0.2, 0) is 0 Å². The van der Waals surface area contributed by atoms with Gasteiger partial charge in [-0.1, -0.05) is 12.1 Å². The number of rotatable bonds is 4. The number of fused-ring (bicyclic) bond motifs is 1. The molecule has 0 radical (unpaired) electrons. The number of aromatic nitrogens is 2. The van der Waals surface area contributed by atoms with Gasteiger partial charge in [-0.15, -0.1) is 10.0 Å². The molecular weight excluding hydrogens is 294 g/mol. The van der Waals surface area contributed by atoms with Crippen molar-refractivity contribution in [2.24, 2.45) is 5.18 Å². The van der Waals surface area contributed by atoms with E-state index in [4.69, 9.17) is 9.47 Å². The molecule has 0 saturated heterocycles. The molecule has 118 valence electrons. The Morgan fingerprint density at radius 3 is 2.57 bits per heavy atom. The molecule has 0 aliphatic rings. The standard InChI is InChI=1S/C17H17N3O3/c1-10-8-11(2)15(14(9-10)22-3)12-6-5-7-13-16(19-21)17(23-4)18-20(12)13/h5-9H,1-4H3. The molecule has 6 nitrogen and oxygen atoms in total. The maximum atomic E-state index is 11.1. The molecule has 3 aromatic rings. The number of benzene rings is 1. The van der Waals surface area contributed by atoms with Crippen molar-refractivity contribution in [3.8, 4) is 22.9 Å². The second-order valence-corrected chi connectivity index (χ2v) is 5.32. The number of hydrogen-bond donors (Lipinski definition) is 0. The smallest absolute Gasteiger partial charge is 0.263 e. The van der Waals surface area contributed by atoms with Crippen LogP contribution in [0.25, 0.3) is 16.8 Å². The first-order chi connectivity index (χ1) is 11.1. The third-order valence-corrected chi connectivity index (χ3v) is 3.80. The molecule has 0 fully saturated rings. The molecule has 1 aromatic carbocycles. The van der Waals surface area contributed by atoms with Gasteiger partial charge in [-0.25, -0.2) is 4.52 Å². The zero-order chi connectivity index (χ0) is 16.6. The van der Waals surface area contributed by atoms with Crippen LogP contribution in [0.4, 0.5) is 5.69 Å². The first kappa shape index (κ1) is 15.0. The Morgan fingerprint density at radius 2 is 1.91 bits per heavy atom. The maximum Gasteiger partial charge on any atom is 0.263 e. The first-order valence-electron chi connectivity index (χ1n) is 7.15. The molecule has 0 aliphatic heterocycles. The normalized spacial score (nSPS) is 10.8. The largest absolute Gasteiger partial charge is 0.496 e. The van der Waals surface area contributed by atoms with E-state index in [2.05, 4.69) is 16.3 Å². The van der Waals surface area contributed by atoms with E-state index in [1.165, 1.54) is 7.11 Å². The predicted octanol–water partition coefficient (Wildman–Crippen LogP) is 4.03. The van der Waals surface area contributed by atoms with Crippen LogP contribution >= 0.6 is 0 Å². The average molecular weight is 311 g/mol. The third kappa shape index (κ3) is 2.32. The molecule has 0 N–H and O–H groups in total. The molecule has 3 rings (SSSR count). The maximum absolute atomic E-state index is 11.1. The zero-order valence-electron chi connectivity index (χ0n) is 13.5. The molecule has 0 unspecified atom stereocenters. The van der Waals surface area contributed by atoms with Crippen molar-refractivity contribution in [1.29, 1.82) is 0 Å². The molecule has 0 amide bonds. The summed E-state index contributed by atoms with van der Waals surface area (Å²) in [6, 6.07) is 9.62. The van der Waals surface area contributed by atoms with Gasteiger partial charge in [0.25, 0.3) is 5.88 Å². The van der Waals surface area contributed by atoms with Crippen LogP contribution in [0, 0.1) is 18.8 Å². The van der Waals surface area contributed by atoms with Crippen LogP contribution in [0.2, 0.25) is 0 Å². The summed E-state index contributed by atoms with van der Waals surface area (Å²) in [5, 5.41) is 7.42. The van der Waals surface area contributed by atoms with Crippen molar-refractivity contribution in [2.75, 3.05) is 14.2 Å². The van der Waals surface area contributed by atoms with Crippen molar-refractivity contribution in [3.05, 3.63) is 46.4 Å². The number of nitrogens with zero attached hydrogens (tertiary/aromatic N) is 3. The Labute approximate surface area is 133 Å². The lowest BCUT2D eigenvalue weighted by molar-refractivity contribution is 0.396. The van der Waals surface area contributed by atoms with Crippen LogP contribution in [0.3, 0.4) is 0 Å². The van der Waals surface area contributed by atoms with Crippen LogP contribution in [0.1, 0.15) is 11.1 Å². The first-order valence-corrected chi connectivity index (χ1v) is 7.15. The summed E-state index contributed by atoms with van der Waals surface area (Å²) in [6.45, 7) is 4.04. The fourth-order valence-corrected chi connectivity index (χ4v) is 2.87. The molecule has 0 aliphatic carbocycles. The minimum Gasteiger partial charge on any atom is -0.496 e. The van der Waals surface area contributed by atoms with E-state index >= 15 is 0 Å². The topological polar surface area (TPSA) is 65.2 Å². The minimum absolute atomic E-state index is 0.193. The van der Waals surface area contributed by atoms with Crippen LogP contribution in [0.15, 0.2) is 35.5 Å². The quantitative estimate of drug-likeness (QED) is 0.682. The Bertz CT molecular complexity index is 900. The fourth-order valence-electron chi connectivity index (χ4n) is 2.87. The molecule has 6 heteroatoms. The molecular formula is C17H17N3O3. The van der Waals surface area contributed by atoms with Crippen LogP contribution in [0.5, 0.6) is 11.6 Å². The lowest BCUT2D eigenvalue weighted by Crippen LogP contribution is -1.99. The molecule has 2 aromatic heterocycles. The van der Waals surface area contributed by atoms with E-state index in [1.807, 2.05) is 32.0 Å². The summed E-state index contributed by atoms with van der Waals surface area (Å²) in [5.74, 6) is 0.960. The van der Waals surface area contributed by atoms with Crippen molar-refractivity contribution in [1.82, 2.24) is 9.61 Å². The third-order valence-electron chi connectivity index (χ3n) is 3.80. The van der Waals surface area contributed by atoms with E-state index in [1.54, 1.807) is 17.7 Å². The number of methoxy groups -OCH3 is 2. The van der Waals surface area contributed by atoms with Gasteiger partial charge in [-0.05, 0) is 48.4 Å². The summed E-state index contributed by atoms with van der Waals surface area (Å²) in [7, 11) is 3.10. The Balaban J connectivity index is 2.38. The highest BCUT2D eigenvalue weighted by Crippen LogP contribution is 2.38. The zero-order valence-corrected chi connectivity index (χ0v) is 13.5. The van der Waals surface area contributed by atoms with E-state index in [9.17, 15) is 4.91 Å². The molecule has 0 atom stereocenters. The molecule has 0 saturated carbocycles. The summed E-state index contributed by atoms with van der Waals surface area (Å²) in [4.78, 5) is 11.1. The SMILES string of the molecule is COc1cc(C)cc(C)c1-c1cccc2c(N=O)c(OC)nn12. The van der Waals surface area contributed by atoms with Crippen molar-refractivity contribution in [2.45, 2.75) is 13.8 Å². The summed E-state index contributed by atoms with van der Waals surface area (Å²) < 4.78 is 12.4. The lowest BCUT2D eigenvalue weighted by Gasteiger charge is -2.14. The number of aryl methyl sites for hydroxylation is 2. The second kappa shape index (κ2) is 5.72. The Morgan fingerprint density at radius 1 is 1.13 bits per heavy atom. The summed E-state index contributed by atoms with van der Waals surface area (Å²) in [6.07, 6.45) is 0. The average Bonchev–Trinajstić information content (AvgIpc) is 2.92. The van der Waals surface area contributed by atoms with Crippen molar-refractivity contribution in [3.63, 3.8) is 0 Å². The minimum atomic E-state index is 0.193.